The van der Waals surface area contributed by atoms with Crippen molar-refractivity contribution >= 4 is 11.9 Å². The van der Waals surface area contributed by atoms with E-state index in [0.717, 1.165) is 56.2 Å². The molecule has 8 rings (SSSR count). The number of fused-ring (bicyclic) bond motifs is 2. The normalized spacial score (nSPS) is 44.9. The Bertz CT molecular complexity index is 1290. The molecule has 1 saturated heterocycles. The minimum atomic E-state index is -0.785. The molecule has 2 bridgehead atoms. The van der Waals surface area contributed by atoms with E-state index in [0.29, 0.717) is 30.1 Å². The Kier molecular flexibility index (Phi) is 5.43. The second-order valence-electron chi connectivity index (χ2n) is 14.0. The van der Waals surface area contributed by atoms with Crippen LogP contribution in [0.25, 0.3) is 0 Å². The molecule has 208 valence electrons. The highest BCUT2D eigenvalue weighted by Gasteiger charge is 2.77. The largest absolute Gasteiger partial charge is 0.481 e. The van der Waals surface area contributed by atoms with E-state index in [1.165, 1.54) is 0 Å². The lowest BCUT2D eigenvalue weighted by Gasteiger charge is -2.78. The van der Waals surface area contributed by atoms with Gasteiger partial charge in [0.2, 0.25) is 0 Å². The van der Waals surface area contributed by atoms with Gasteiger partial charge in [0, 0.05) is 23.9 Å². The van der Waals surface area contributed by atoms with Crippen LogP contribution in [0.15, 0.2) is 48.6 Å². The standard InChI is InChI=1S/C33H42N2O4/c1-21(7-6-10-28(37)38)25-11-12-26-30(25,2)15-14-27-31(3)16-13-23(36)19-32(31)17-18-33(26,27)34-20-22-8-4-5-9-24(22)29(39)35(32)34/h4-9,17-18,21,23,25-27,36H,10-16,19-20H2,1-3H3,(H,37,38)/b7-6+/t21-,23+,25?,26?,27?,30-,31-,32-,33+/m1/s1. The molecule has 7 aliphatic rings. The molecular formula is C33H42N2O4. The summed E-state index contributed by atoms with van der Waals surface area (Å²) in [6.45, 7) is 7.91. The molecule has 3 unspecified atom stereocenters. The van der Waals surface area contributed by atoms with E-state index >= 15 is 0 Å². The first-order chi connectivity index (χ1) is 18.6. The number of hydrazine groups is 1. The monoisotopic (exact) mass is 530 g/mol. The number of nitrogens with zero attached hydrogens (tertiary/aromatic N) is 2. The highest BCUT2D eigenvalue weighted by molar-refractivity contribution is 5.97. The fourth-order valence-corrected chi connectivity index (χ4v) is 11.0. The summed E-state index contributed by atoms with van der Waals surface area (Å²) in [6, 6.07) is 8.11. The lowest BCUT2D eigenvalue weighted by atomic mass is 9.39. The number of aliphatic carboxylic acids is 1. The van der Waals surface area contributed by atoms with Gasteiger partial charge in [-0.15, -0.1) is 0 Å². The first-order valence-electron chi connectivity index (χ1n) is 15.1. The minimum absolute atomic E-state index is 0.0719. The smallest absolute Gasteiger partial charge is 0.307 e. The molecule has 1 amide bonds. The predicted molar refractivity (Wildman–Crippen MR) is 148 cm³/mol. The third kappa shape index (κ3) is 3.05. The van der Waals surface area contributed by atoms with Crippen molar-refractivity contribution in [3.63, 3.8) is 0 Å². The number of carbonyl (C=O) groups excluding carboxylic acids is 1. The summed E-state index contributed by atoms with van der Waals surface area (Å²) in [5, 5.41) is 24.8. The van der Waals surface area contributed by atoms with Crippen LogP contribution in [0.3, 0.4) is 0 Å². The number of rotatable bonds is 4. The summed E-state index contributed by atoms with van der Waals surface area (Å²) in [7, 11) is 0. The molecule has 6 nitrogen and oxygen atoms in total. The molecule has 1 aromatic carbocycles. The van der Waals surface area contributed by atoms with Crippen LogP contribution < -0.4 is 0 Å². The average molecular weight is 531 g/mol. The van der Waals surface area contributed by atoms with Crippen molar-refractivity contribution in [1.29, 1.82) is 0 Å². The molecule has 6 heteroatoms. The SMILES string of the molecule is C[C@H](/C=C/CC(=O)O)C1CCC2[C@]1(C)CCC1[C@]23C=C[C@]2(C[C@@H](O)CC[C@]12C)N1C(=O)c2ccccc2CN13. The number of allylic oxidation sites excluding steroid dienone is 1. The number of aliphatic hydroxyl groups excluding tert-OH is 1. The topological polar surface area (TPSA) is 81.1 Å². The Morgan fingerprint density at radius 3 is 2.69 bits per heavy atom. The predicted octanol–water partition coefficient (Wildman–Crippen LogP) is 5.58. The molecule has 9 atom stereocenters. The van der Waals surface area contributed by atoms with Gasteiger partial charge in [-0.25, -0.2) is 5.01 Å². The first-order valence-corrected chi connectivity index (χ1v) is 15.1. The van der Waals surface area contributed by atoms with Gasteiger partial charge in [0.15, 0.2) is 0 Å². The van der Waals surface area contributed by atoms with Crippen LogP contribution in [0.4, 0.5) is 0 Å². The maximum atomic E-state index is 14.4. The Balaban J connectivity index is 1.37. The fourth-order valence-electron chi connectivity index (χ4n) is 11.0. The third-order valence-electron chi connectivity index (χ3n) is 12.6. The molecule has 39 heavy (non-hydrogen) atoms. The van der Waals surface area contributed by atoms with E-state index in [4.69, 9.17) is 5.11 Å². The Morgan fingerprint density at radius 2 is 1.90 bits per heavy atom. The van der Waals surface area contributed by atoms with Crippen molar-refractivity contribution in [1.82, 2.24) is 10.0 Å². The second-order valence-corrected chi connectivity index (χ2v) is 14.0. The van der Waals surface area contributed by atoms with Crippen molar-refractivity contribution in [2.45, 2.75) is 95.9 Å². The summed E-state index contributed by atoms with van der Waals surface area (Å²) < 4.78 is 0. The van der Waals surface area contributed by atoms with Crippen LogP contribution in [0.5, 0.6) is 0 Å². The van der Waals surface area contributed by atoms with Crippen LogP contribution >= 0.6 is 0 Å². The lowest BCUT2D eigenvalue weighted by molar-refractivity contribution is -0.304. The second kappa shape index (κ2) is 8.29. The van der Waals surface area contributed by atoms with Crippen molar-refractivity contribution in [2.24, 2.45) is 34.5 Å². The van der Waals surface area contributed by atoms with Gasteiger partial charge in [0.05, 0.1) is 23.6 Å². The maximum absolute atomic E-state index is 14.4. The van der Waals surface area contributed by atoms with Gasteiger partial charge < -0.3 is 10.2 Å². The minimum Gasteiger partial charge on any atom is -0.481 e. The van der Waals surface area contributed by atoms with Crippen LogP contribution in [0.1, 0.15) is 88.1 Å². The number of carboxylic acids is 1. The van der Waals surface area contributed by atoms with Gasteiger partial charge in [-0.1, -0.05) is 63.3 Å². The summed E-state index contributed by atoms with van der Waals surface area (Å²) >= 11 is 0. The number of benzene rings is 1. The highest BCUT2D eigenvalue weighted by atomic mass is 16.4. The molecule has 4 aliphatic carbocycles. The van der Waals surface area contributed by atoms with Crippen molar-refractivity contribution < 1.29 is 19.8 Å². The molecule has 3 saturated carbocycles. The van der Waals surface area contributed by atoms with Gasteiger partial charge in [0.25, 0.3) is 5.91 Å². The van der Waals surface area contributed by atoms with E-state index in [2.05, 4.69) is 55.1 Å². The molecule has 2 N–H and O–H groups in total. The van der Waals surface area contributed by atoms with E-state index < -0.39 is 17.6 Å². The van der Waals surface area contributed by atoms with Gasteiger partial charge in [-0.2, -0.15) is 0 Å². The van der Waals surface area contributed by atoms with Gasteiger partial charge in [0.1, 0.15) is 0 Å². The maximum Gasteiger partial charge on any atom is 0.307 e. The summed E-state index contributed by atoms with van der Waals surface area (Å²) in [6.07, 6.45) is 15.4. The Hall–Kier alpha value is -2.44. The zero-order valence-corrected chi connectivity index (χ0v) is 23.5. The zero-order chi connectivity index (χ0) is 27.4. The first kappa shape index (κ1) is 25.5. The van der Waals surface area contributed by atoms with Crippen LogP contribution in [0, 0.1) is 34.5 Å². The molecule has 1 aromatic rings. The average Bonchev–Trinajstić information content (AvgIpc) is 3.26. The van der Waals surface area contributed by atoms with Crippen molar-refractivity contribution in [3.05, 3.63) is 59.7 Å². The Labute approximate surface area is 231 Å². The van der Waals surface area contributed by atoms with E-state index in [1.807, 2.05) is 24.3 Å². The molecule has 0 aromatic heterocycles. The highest BCUT2D eigenvalue weighted by Crippen LogP contribution is 2.74. The summed E-state index contributed by atoms with van der Waals surface area (Å²) in [5.74, 6) is 0.919. The lowest BCUT2D eigenvalue weighted by Crippen LogP contribution is -2.86. The van der Waals surface area contributed by atoms with Crippen LogP contribution in [-0.4, -0.2) is 49.3 Å². The molecule has 2 spiro atoms. The van der Waals surface area contributed by atoms with E-state index in [-0.39, 0.29) is 28.7 Å². The Morgan fingerprint density at radius 1 is 1.10 bits per heavy atom. The molecule has 3 heterocycles. The zero-order valence-electron chi connectivity index (χ0n) is 23.5. The summed E-state index contributed by atoms with van der Waals surface area (Å²) in [5.41, 5.74) is 1.18. The molecule has 0 radical (unpaired) electrons. The third-order valence-corrected chi connectivity index (χ3v) is 12.6. The van der Waals surface area contributed by atoms with Crippen LogP contribution in [-0.2, 0) is 11.3 Å². The number of hydrogen-bond donors (Lipinski definition) is 2. The number of amides is 1. The van der Waals surface area contributed by atoms with Gasteiger partial charge in [-0.3, -0.25) is 14.6 Å². The van der Waals surface area contributed by atoms with Gasteiger partial charge >= 0.3 is 5.97 Å². The van der Waals surface area contributed by atoms with E-state index in [1.54, 1.807) is 0 Å². The fraction of sp³-hybridized carbons (Fsp3) is 0.636. The van der Waals surface area contributed by atoms with Crippen molar-refractivity contribution in [3.8, 4) is 0 Å². The van der Waals surface area contributed by atoms with Crippen molar-refractivity contribution in [2.75, 3.05) is 0 Å². The number of carboxylic acid groups (broad SMARTS) is 1. The van der Waals surface area contributed by atoms with E-state index in [9.17, 15) is 14.7 Å². The van der Waals surface area contributed by atoms with Crippen LogP contribution in [0.2, 0.25) is 0 Å². The molecular weight excluding hydrogens is 488 g/mol. The summed E-state index contributed by atoms with van der Waals surface area (Å²) in [4.78, 5) is 25.6. The quantitative estimate of drug-likeness (QED) is 0.497. The van der Waals surface area contributed by atoms with Gasteiger partial charge in [-0.05, 0) is 79.2 Å². The molecule has 4 fully saturated rings. The number of aliphatic hydroxyl groups is 1. The molecule has 3 aliphatic heterocycles. The number of hydrogen-bond acceptors (Lipinski definition) is 4. The number of carbonyl (C=O) groups is 2.